The van der Waals surface area contributed by atoms with Crippen LogP contribution in [0, 0.1) is 0 Å². The van der Waals surface area contributed by atoms with Gasteiger partial charge in [0.05, 0.1) is 12.7 Å². The van der Waals surface area contributed by atoms with Crippen molar-refractivity contribution in [3.8, 4) is 5.75 Å². The van der Waals surface area contributed by atoms with Crippen LogP contribution in [0.25, 0.3) is 10.8 Å². The number of benzene rings is 3. The molecule has 1 fully saturated rings. The van der Waals surface area contributed by atoms with Gasteiger partial charge in [0.15, 0.2) is 0 Å². The lowest BCUT2D eigenvalue weighted by molar-refractivity contribution is -0.268. The monoisotopic (exact) mass is 376 g/mol. The van der Waals surface area contributed by atoms with Crippen molar-refractivity contribution in [2.75, 3.05) is 13.1 Å². The molecule has 3 aromatic carbocycles. The summed E-state index contributed by atoms with van der Waals surface area (Å²) in [5, 5.41) is 23.2. The van der Waals surface area contributed by atoms with Crippen LogP contribution in [0.1, 0.15) is 23.5 Å². The largest absolute Gasteiger partial charge is 0.530 e. The van der Waals surface area contributed by atoms with Gasteiger partial charge in [0.2, 0.25) is 0 Å². The number of amides is 1. The first-order chi connectivity index (χ1) is 13.6. The third-order valence-electron chi connectivity index (χ3n) is 5.42. The van der Waals surface area contributed by atoms with Crippen LogP contribution >= 0.6 is 0 Å². The Labute approximate surface area is 163 Å². The standard InChI is InChI=1S/C23H23NO4/c25-20-9-7-18(8-10-20)21-11-12-24(23(26)27)14-22(21)28-15-16-5-6-17-3-1-2-4-19(17)13-16/h1-10,13,21-22,25H,11-12,14-15H2,(H,26,27)/p-1. The fourth-order valence-electron chi connectivity index (χ4n) is 3.89. The fraction of sp³-hybridized carbons (Fsp3) is 0.261. The van der Waals surface area contributed by atoms with Gasteiger partial charge in [0, 0.05) is 19.0 Å². The van der Waals surface area contributed by atoms with Gasteiger partial charge < -0.3 is 24.6 Å². The SMILES string of the molecule is O=C([O-])N1CCC(c2ccc(O)cc2)C(OCc2ccc3ccccc3c2)C1. The molecule has 1 saturated heterocycles. The third kappa shape index (κ3) is 3.94. The van der Waals surface area contributed by atoms with Gasteiger partial charge in [-0.1, -0.05) is 48.5 Å². The van der Waals surface area contributed by atoms with Crippen molar-refractivity contribution in [2.45, 2.75) is 25.0 Å². The average molecular weight is 376 g/mol. The number of aromatic hydroxyl groups is 1. The molecule has 5 heteroatoms. The molecule has 3 aromatic rings. The van der Waals surface area contributed by atoms with Gasteiger partial charge in [-0.3, -0.25) is 0 Å². The minimum absolute atomic E-state index is 0.0663. The van der Waals surface area contributed by atoms with E-state index in [0.29, 0.717) is 19.6 Å². The number of carbonyl (C=O) groups excluding carboxylic acids is 1. The molecule has 1 aliphatic heterocycles. The molecule has 144 valence electrons. The summed E-state index contributed by atoms with van der Waals surface area (Å²) in [6.07, 6.45) is -0.785. The van der Waals surface area contributed by atoms with E-state index in [1.807, 2.05) is 30.3 Å². The highest BCUT2D eigenvalue weighted by Gasteiger charge is 2.31. The van der Waals surface area contributed by atoms with Crippen LogP contribution in [0.3, 0.4) is 0 Å². The Morgan fingerprint density at radius 2 is 1.82 bits per heavy atom. The molecule has 0 saturated carbocycles. The van der Waals surface area contributed by atoms with Crippen LogP contribution in [0.4, 0.5) is 4.79 Å². The molecule has 0 radical (unpaired) electrons. The number of rotatable bonds is 4. The van der Waals surface area contributed by atoms with Crippen molar-refractivity contribution in [3.05, 3.63) is 77.9 Å². The highest BCUT2D eigenvalue weighted by molar-refractivity contribution is 5.82. The third-order valence-corrected chi connectivity index (χ3v) is 5.42. The molecule has 4 rings (SSSR count). The normalized spacial score (nSPS) is 19.6. The van der Waals surface area contributed by atoms with Crippen molar-refractivity contribution < 1.29 is 19.7 Å². The second kappa shape index (κ2) is 7.90. The second-order valence-electron chi connectivity index (χ2n) is 7.23. The number of hydrogen-bond donors (Lipinski definition) is 1. The molecule has 0 bridgehead atoms. The number of hydrogen-bond acceptors (Lipinski definition) is 4. The summed E-state index contributed by atoms with van der Waals surface area (Å²) in [5.41, 5.74) is 2.09. The minimum Gasteiger partial charge on any atom is -0.530 e. The van der Waals surface area contributed by atoms with Gasteiger partial charge in [0.25, 0.3) is 0 Å². The van der Waals surface area contributed by atoms with Crippen LogP contribution in [0.2, 0.25) is 0 Å². The van der Waals surface area contributed by atoms with Crippen molar-refractivity contribution in [1.29, 1.82) is 0 Å². The number of phenolic OH excluding ortho intramolecular Hbond substituents is 1. The Balaban J connectivity index is 1.53. The first-order valence-corrected chi connectivity index (χ1v) is 9.44. The Hall–Kier alpha value is -3.05. The van der Waals surface area contributed by atoms with Crippen molar-refractivity contribution in [2.24, 2.45) is 0 Å². The first kappa shape index (κ1) is 18.3. The predicted octanol–water partition coefficient (Wildman–Crippen LogP) is 3.26. The van der Waals surface area contributed by atoms with E-state index in [1.165, 1.54) is 10.3 Å². The number of likely N-dealkylation sites (tertiary alicyclic amines) is 1. The number of phenols is 1. The lowest BCUT2D eigenvalue weighted by Gasteiger charge is -2.40. The zero-order chi connectivity index (χ0) is 19.5. The molecule has 1 amide bonds. The van der Waals surface area contributed by atoms with Gasteiger partial charge in [-0.05, 0) is 46.5 Å². The zero-order valence-electron chi connectivity index (χ0n) is 15.5. The first-order valence-electron chi connectivity index (χ1n) is 9.44. The van der Waals surface area contributed by atoms with Gasteiger partial charge in [-0.2, -0.15) is 0 Å². The van der Waals surface area contributed by atoms with Gasteiger partial charge >= 0.3 is 0 Å². The molecule has 0 aliphatic carbocycles. The van der Waals surface area contributed by atoms with Crippen LogP contribution in [-0.2, 0) is 11.3 Å². The van der Waals surface area contributed by atoms with Crippen LogP contribution in [-0.4, -0.2) is 35.3 Å². The molecule has 1 N–H and O–H groups in total. The van der Waals surface area contributed by atoms with E-state index in [9.17, 15) is 15.0 Å². The van der Waals surface area contributed by atoms with E-state index in [4.69, 9.17) is 4.74 Å². The molecule has 0 spiro atoms. The summed E-state index contributed by atoms with van der Waals surface area (Å²) in [6.45, 7) is 1.11. The summed E-state index contributed by atoms with van der Waals surface area (Å²) in [5.74, 6) is 0.279. The maximum absolute atomic E-state index is 11.3. The van der Waals surface area contributed by atoms with E-state index in [0.717, 1.165) is 16.5 Å². The van der Waals surface area contributed by atoms with E-state index in [1.54, 1.807) is 12.1 Å². The molecule has 2 atom stereocenters. The maximum Gasteiger partial charge on any atom is 0.137 e. The summed E-state index contributed by atoms with van der Waals surface area (Å²) >= 11 is 0. The van der Waals surface area contributed by atoms with Gasteiger partial charge in [-0.15, -0.1) is 0 Å². The number of ether oxygens (including phenoxy) is 1. The van der Waals surface area contributed by atoms with E-state index < -0.39 is 6.09 Å². The smallest absolute Gasteiger partial charge is 0.137 e. The molecule has 2 unspecified atom stereocenters. The molecular formula is C23H22NO4-. The average Bonchev–Trinajstić information content (AvgIpc) is 2.72. The van der Waals surface area contributed by atoms with E-state index in [-0.39, 0.29) is 24.3 Å². The molecular weight excluding hydrogens is 354 g/mol. The van der Waals surface area contributed by atoms with Gasteiger partial charge in [0.1, 0.15) is 11.8 Å². The van der Waals surface area contributed by atoms with Crippen molar-refractivity contribution >= 4 is 16.9 Å². The molecule has 5 nitrogen and oxygen atoms in total. The number of piperidine rings is 1. The number of fused-ring (bicyclic) bond motifs is 1. The number of nitrogens with zero attached hydrogens (tertiary/aromatic N) is 1. The van der Waals surface area contributed by atoms with Crippen molar-refractivity contribution in [1.82, 2.24) is 4.90 Å². The maximum atomic E-state index is 11.3. The Kier molecular flexibility index (Phi) is 5.17. The van der Waals surface area contributed by atoms with Crippen LogP contribution in [0.15, 0.2) is 66.7 Å². The quantitative estimate of drug-likeness (QED) is 0.759. The topological polar surface area (TPSA) is 72.8 Å². The zero-order valence-corrected chi connectivity index (χ0v) is 15.5. The van der Waals surface area contributed by atoms with Crippen LogP contribution < -0.4 is 5.11 Å². The van der Waals surface area contributed by atoms with E-state index in [2.05, 4.69) is 24.3 Å². The number of carbonyl (C=O) groups is 1. The fourth-order valence-corrected chi connectivity index (χ4v) is 3.89. The van der Waals surface area contributed by atoms with Gasteiger partial charge in [-0.25, -0.2) is 0 Å². The predicted molar refractivity (Wildman–Crippen MR) is 105 cm³/mol. The molecule has 1 aliphatic rings. The van der Waals surface area contributed by atoms with Crippen LogP contribution in [0.5, 0.6) is 5.75 Å². The van der Waals surface area contributed by atoms with E-state index >= 15 is 0 Å². The summed E-state index contributed by atoms with van der Waals surface area (Å²) < 4.78 is 6.20. The number of carboxylic acid groups (broad SMARTS) is 1. The molecule has 1 heterocycles. The minimum atomic E-state index is -1.16. The summed E-state index contributed by atoms with van der Waals surface area (Å²) in [4.78, 5) is 12.6. The lowest BCUT2D eigenvalue weighted by atomic mass is 9.87. The summed E-state index contributed by atoms with van der Waals surface area (Å²) in [7, 11) is 0. The highest BCUT2D eigenvalue weighted by atomic mass is 16.5. The molecule has 28 heavy (non-hydrogen) atoms. The Morgan fingerprint density at radius 3 is 2.57 bits per heavy atom. The van der Waals surface area contributed by atoms with Crippen molar-refractivity contribution in [3.63, 3.8) is 0 Å². The highest BCUT2D eigenvalue weighted by Crippen LogP contribution is 2.32. The molecule has 0 aromatic heterocycles. The summed E-state index contributed by atoms with van der Waals surface area (Å²) in [6, 6.07) is 21.4. The lowest BCUT2D eigenvalue weighted by Crippen LogP contribution is -2.51. The second-order valence-corrected chi connectivity index (χ2v) is 7.23. The Morgan fingerprint density at radius 1 is 1.07 bits per heavy atom. The Bertz CT molecular complexity index is 970.